The molecule has 0 unspecified atom stereocenters. The van der Waals surface area contributed by atoms with Gasteiger partial charge in [-0.1, -0.05) is 12.1 Å². The number of amides is 2. The Balaban J connectivity index is 1.79. The average molecular weight is 316 g/mol. The Morgan fingerprint density at radius 1 is 1.09 bits per heavy atom. The Hall–Kier alpha value is -2.14. The molecule has 5 heteroatoms. The van der Waals surface area contributed by atoms with Crippen LogP contribution in [0, 0.1) is 0 Å². The maximum atomic E-state index is 11.8. The molecule has 1 heterocycles. The fourth-order valence-electron chi connectivity index (χ4n) is 2.01. The van der Waals surface area contributed by atoms with Gasteiger partial charge >= 0.3 is 0 Å². The second-order valence-electron chi connectivity index (χ2n) is 5.30. The molecule has 0 saturated heterocycles. The van der Waals surface area contributed by atoms with Crippen molar-refractivity contribution in [2.75, 3.05) is 14.1 Å². The summed E-state index contributed by atoms with van der Waals surface area (Å²) in [5.41, 5.74) is 2.84. The summed E-state index contributed by atoms with van der Waals surface area (Å²) in [6.07, 6.45) is 1.26. The van der Waals surface area contributed by atoms with E-state index in [9.17, 15) is 9.59 Å². The molecular formula is C17H20N2O2S. The van der Waals surface area contributed by atoms with Crippen LogP contribution in [-0.2, 0) is 17.8 Å². The molecule has 1 aromatic carbocycles. The van der Waals surface area contributed by atoms with E-state index in [0.29, 0.717) is 18.5 Å². The van der Waals surface area contributed by atoms with Crippen LogP contribution in [0.25, 0.3) is 0 Å². The molecule has 0 aliphatic rings. The van der Waals surface area contributed by atoms with Crippen molar-refractivity contribution in [3.05, 3.63) is 57.8 Å². The summed E-state index contributed by atoms with van der Waals surface area (Å²) in [4.78, 5) is 25.1. The highest BCUT2D eigenvalue weighted by atomic mass is 32.1. The Morgan fingerprint density at radius 2 is 1.82 bits per heavy atom. The molecule has 0 saturated carbocycles. The highest BCUT2D eigenvalue weighted by Gasteiger charge is 2.07. The van der Waals surface area contributed by atoms with E-state index in [1.54, 1.807) is 42.5 Å². The van der Waals surface area contributed by atoms with E-state index in [-0.39, 0.29) is 11.8 Å². The second-order valence-corrected chi connectivity index (χ2v) is 6.08. The molecule has 0 bridgehead atoms. The van der Waals surface area contributed by atoms with Crippen molar-refractivity contribution in [2.24, 2.45) is 0 Å². The zero-order chi connectivity index (χ0) is 15.9. The molecule has 0 radical (unpaired) electrons. The lowest BCUT2D eigenvalue weighted by Gasteiger charge is -2.10. The minimum Gasteiger partial charge on any atom is -0.352 e. The topological polar surface area (TPSA) is 49.4 Å². The molecule has 2 aromatic rings. The van der Waals surface area contributed by atoms with E-state index >= 15 is 0 Å². The van der Waals surface area contributed by atoms with E-state index in [2.05, 4.69) is 10.7 Å². The van der Waals surface area contributed by atoms with Crippen LogP contribution in [0.1, 0.15) is 27.9 Å². The van der Waals surface area contributed by atoms with Gasteiger partial charge < -0.3 is 10.2 Å². The Morgan fingerprint density at radius 3 is 2.41 bits per heavy atom. The molecule has 22 heavy (non-hydrogen) atoms. The number of thiophene rings is 1. The van der Waals surface area contributed by atoms with Crippen molar-refractivity contribution in [2.45, 2.75) is 19.4 Å². The van der Waals surface area contributed by atoms with Crippen LogP contribution in [0.2, 0.25) is 0 Å². The number of rotatable bonds is 6. The maximum absolute atomic E-state index is 11.8. The Bertz CT molecular complexity index is 619. The molecule has 0 fully saturated rings. The van der Waals surface area contributed by atoms with Gasteiger partial charge in [-0.2, -0.15) is 11.3 Å². The number of aryl methyl sites for hydroxylation is 1. The number of nitrogens with one attached hydrogen (secondary N) is 1. The maximum Gasteiger partial charge on any atom is 0.253 e. The zero-order valence-corrected chi connectivity index (χ0v) is 13.7. The van der Waals surface area contributed by atoms with Crippen molar-refractivity contribution in [1.82, 2.24) is 10.2 Å². The third-order valence-electron chi connectivity index (χ3n) is 3.32. The summed E-state index contributed by atoms with van der Waals surface area (Å²) in [6, 6.07) is 9.36. The number of hydrogen-bond donors (Lipinski definition) is 1. The minimum absolute atomic E-state index is 0.0219. The van der Waals surface area contributed by atoms with Gasteiger partial charge in [0.1, 0.15) is 0 Å². The number of nitrogens with zero attached hydrogens (tertiary/aromatic N) is 1. The van der Waals surface area contributed by atoms with Crippen LogP contribution in [0.15, 0.2) is 41.1 Å². The summed E-state index contributed by atoms with van der Waals surface area (Å²) in [5, 5.41) is 6.98. The molecule has 2 amide bonds. The smallest absolute Gasteiger partial charge is 0.253 e. The van der Waals surface area contributed by atoms with E-state index in [4.69, 9.17) is 0 Å². The molecule has 116 valence electrons. The quantitative estimate of drug-likeness (QED) is 0.891. The molecule has 0 atom stereocenters. The first-order chi connectivity index (χ1) is 10.6. The normalized spacial score (nSPS) is 10.3. The van der Waals surface area contributed by atoms with E-state index in [1.807, 2.05) is 23.6 Å². The van der Waals surface area contributed by atoms with Crippen molar-refractivity contribution < 1.29 is 9.59 Å². The van der Waals surface area contributed by atoms with Crippen molar-refractivity contribution in [3.63, 3.8) is 0 Å². The van der Waals surface area contributed by atoms with Crippen LogP contribution < -0.4 is 5.32 Å². The predicted octanol–water partition coefficient (Wildman–Crippen LogP) is 2.70. The molecular weight excluding hydrogens is 296 g/mol. The number of carbonyl (C=O) groups is 2. The number of carbonyl (C=O) groups excluding carboxylic acids is 2. The first kappa shape index (κ1) is 16.2. The van der Waals surface area contributed by atoms with Crippen molar-refractivity contribution >= 4 is 23.2 Å². The van der Waals surface area contributed by atoms with Crippen LogP contribution in [0.3, 0.4) is 0 Å². The highest BCUT2D eigenvalue weighted by Crippen LogP contribution is 2.09. The summed E-state index contributed by atoms with van der Waals surface area (Å²) in [5.74, 6) is 0.0194. The third-order valence-corrected chi connectivity index (χ3v) is 4.05. The van der Waals surface area contributed by atoms with E-state index < -0.39 is 0 Å². The van der Waals surface area contributed by atoms with Gasteiger partial charge in [0.25, 0.3) is 5.91 Å². The first-order valence-corrected chi connectivity index (χ1v) is 8.09. The molecule has 0 spiro atoms. The van der Waals surface area contributed by atoms with Gasteiger partial charge in [0, 0.05) is 32.6 Å². The lowest BCUT2D eigenvalue weighted by molar-refractivity contribution is -0.121. The predicted molar refractivity (Wildman–Crippen MR) is 88.9 cm³/mol. The van der Waals surface area contributed by atoms with Gasteiger partial charge in [-0.3, -0.25) is 9.59 Å². The Kier molecular flexibility index (Phi) is 5.72. The lowest BCUT2D eigenvalue weighted by atomic mass is 10.1. The standard InChI is InChI=1S/C17H20N2O2S/c1-19(2)17(21)15-6-3-13(4-7-15)11-18-16(20)8-5-14-9-10-22-12-14/h3-4,6-7,9-10,12H,5,8,11H2,1-2H3,(H,18,20). The van der Waals surface area contributed by atoms with Crippen LogP contribution in [-0.4, -0.2) is 30.8 Å². The van der Waals surface area contributed by atoms with Gasteiger partial charge in [-0.05, 0) is 46.5 Å². The molecule has 2 rings (SSSR count). The fraction of sp³-hybridized carbons (Fsp3) is 0.294. The summed E-state index contributed by atoms with van der Waals surface area (Å²) in [7, 11) is 3.45. The van der Waals surface area contributed by atoms with Gasteiger partial charge in [0.2, 0.25) is 5.91 Å². The molecule has 4 nitrogen and oxygen atoms in total. The third kappa shape index (κ3) is 4.70. The van der Waals surface area contributed by atoms with Crippen LogP contribution in [0.5, 0.6) is 0 Å². The monoisotopic (exact) mass is 316 g/mol. The zero-order valence-electron chi connectivity index (χ0n) is 12.8. The largest absolute Gasteiger partial charge is 0.352 e. The fourth-order valence-corrected chi connectivity index (χ4v) is 2.71. The second kappa shape index (κ2) is 7.75. The number of benzene rings is 1. The lowest BCUT2D eigenvalue weighted by Crippen LogP contribution is -2.23. The van der Waals surface area contributed by atoms with Gasteiger partial charge in [0.15, 0.2) is 0 Å². The Labute approximate surface area is 134 Å². The molecule has 1 N–H and O–H groups in total. The van der Waals surface area contributed by atoms with Gasteiger partial charge in [-0.25, -0.2) is 0 Å². The molecule has 1 aromatic heterocycles. The van der Waals surface area contributed by atoms with Crippen molar-refractivity contribution in [3.8, 4) is 0 Å². The van der Waals surface area contributed by atoms with Gasteiger partial charge in [-0.15, -0.1) is 0 Å². The summed E-state index contributed by atoms with van der Waals surface area (Å²) >= 11 is 1.64. The molecule has 0 aliphatic heterocycles. The molecule has 0 aliphatic carbocycles. The van der Waals surface area contributed by atoms with Crippen molar-refractivity contribution in [1.29, 1.82) is 0 Å². The van der Waals surface area contributed by atoms with Crippen LogP contribution in [0.4, 0.5) is 0 Å². The van der Waals surface area contributed by atoms with Gasteiger partial charge in [0.05, 0.1) is 0 Å². The van der Waals surface area contributed by atoms with Crippen LogP contribution >= 0.6 is 11.3 Å². The first-order valence-electron chi connectivity index (χ1n) is 7.14. The minimum atomic E-state index is -0.0219. The van der Waals surface area contributed by atoms with E-state index in [1.165, 1.54) is 5.56 Å². The highest BCUT2D eigenvalue weighted by molar-refractivity contribution is 7.07. The summed E-state index contributed by atoms with van der Waals surface area (Å²) < 4.78 is 0. The average Bonchev–Trinajstić information content (AvgIpc) is 3.04. The van der Waals surface area contributed by atoms with E-state index in [0.717, 1.165) is 12.0 Å². The summed E-state index contributed by atoms with van der Waals surface area (Å²) in [6.45, 7) is 0.485. The number of hydrogen-bond acceptors (Lipinski definition) is 3. The SMILES string of the molecule is CN(C)C(=O)c1ccc(CNC(=O)CCc2ccsc2)cc1.